The van der Waals surface area contributed by atoms with Crippen molar-refractivity contribution in [2.75, 3.05) is 6.61 Å². The molecule has 0 heterocycles. The maximum atomic E-state index is 12.5. The smallest absolute Gasteiger partial charge is 0.308 e. The predicted octanol–water partition coefficient (Wildman–Crippen LogP) is 13.7. The molecule has 1 unspecified atom stereocenters. The molecule has 0 aliphatic heterocycles. The first kappa shape index (κ1) is 39.5. The van der Waals surface area contributed by atoms with Crippen LogP contribution < -0.4 is 0 Å². The van der Waals surface area contributed by atoms with Crippen LogP contribution in [0.3, 0.4) is 0 Å². The SMILES string of the molecule is CCCCCCCCCCCCCCCCCCC(CCCCCCCCCCCCCCCC)C(=O)OCC. The summed E-state index contributed by atoms with van der Waals surface area (Å²) < 4.78 is 5.41. The van der Waals surface area contributed by atoms with Gasteiger partial charge in [-0.2, -0.15) is 0 Å². The van der Waals surface area contributed by atoms with Crippen molar-refractivity contribution in [3.8, 4) is 0 Å². The first-order chi connectivity index (χ1) is 19.8. The Morgan fingerprint density at radius 3 is 0.825 bits per heavy atom. The lowest BCUT2D eigenvalue weighted by molar-refractivity contribution is -0.148. The topological polar surface area (TPSA) is 26.3 Å². The van der Waals surface area contributed by atoms with Crippen molar-refractivity contribution in [2.45, 2.75) is 226 Å². The normalized spacial score (nSPS) is 12.2. The van der Waals surface area contributed by atoms with Crippen molar-refractivity contribution in [1.82, 2.24) is 0 Å². The van der Waals surface area contributed by atoms with Gasteiger partial charge >= 0.3 is 5.97 Å². The van der Waals surface area contributed by atoms with Gasteiger partial charge in [-0.1, -0.05) is 206 Å². The fourth-order valence-corrected chi connectivity index (χ4v) is 6.16. The average Bonchev–Trinajstić information content (AvgIpc) is 2.96. The summed E-state index contributed by atoms with van der Waals surface area (Å²) in [7, 11) is 0. The summed E-state index contributed by atoms with van der Waals surface area (Å²) in [5.41, 5.74) is 0. The molecule has 2 heteroatoms. The minimum absolute atomic E-state index is 0.0677. The van der Waals surface area contributed by atoms with Crippen LogP contribution in [0.25, 0.3) is 0 Å². The average molecular weight is 565 g/mol. The van der Waals surface area contributed by atoms with Crippen LogP contribution in [-0.2, 0) is 9.53 Å². The van der Waals surface area contributed by atoms with Crippen molar-refractivity contribution in [3.05, 3.63) is 0 Å². The van der Waals surface area contributed by atoms with Gasteiger partial charge in [0.2, 0.25) is 0 Å². The van der Waals surface area contributed by atoms with Gasteiger partial charge < -0.3 is 4.74 Å². The molecule has 0 rings (SSSR count). The van der Waals surface area contributed by atoms with Gasteiger partial charge in [0.1, 0.15) is 0 Å². The van der Waals surface area contributed by atoms with E-state index in [9.17, 15) is 4.79 Å². The van der Waals surface area contributed by atoms with Crippen molar-refractivity contribution in [1.29, 1.82) is 0 Å². The highest BCUT2D eigenvalue weighted by Crippen LogP contribution is 2.21. The van der Waals surface area contributed by atoms with E-state index < -0.39 is 0 Å². The molecule has 0 amide bonds. The summed E-state index contributed by atoms with van der Waals surface area (Å²) in [5.74, 6) is 0.210. The Hall–Kier alpha value is -0.530. The molecule has 0 saturated carbocycles. The number of unbranched alkanes of at least 4 members (excludes halogenated alkanes) is 28. The highest BCUT2D eigenvalue weighted by Gasteiger charge is 2.18. The summed E-state index contributed by atoms with van der Waals surface area (Å²) in [6, 6.07) is 0. The van der Waals surface area contributed by atoms with Gasteiger partial charge in [-0.05, 0) is 19.8 Å². The molecule has 0 aliphatic carbocycles. The molecule has 0 radical (unpaired) electrons. The van der Waals surface area contributed by atoms with E-state index in [1.807, 2.05) is 6.92 Å². The van der Waals surface area contributed by atoms with E-state index in [0.717, 1.165) is 12.8 Å². The largest absolute Gasteiger partial charge is 0.466 e. The fourth-order valence-electron chi connectivity index (χ4n) is 6.16. The number of carbonyl (C=O) groups excluding carboxylic acids is 1. The minimum atomic E-state index is 0.0677. The van der Waals surface area contributed by atoms with Crippen molar-refractivity contribution in [3.63, 3.8) is 0 Å². The molecule has 0 spiro atoms. The van der Waals surface area contributed by atoms with Gasteiger partial charge in [-0.3, -0.25) is 4.79 Å². The first-order valence-electron chi connectivity index (χ1n) is 18.9. The lowest BCUT2D eigenvalue weighted by Gasteiger charge is -2.15. The quantitative estimate of drug-likeness (QED) is 0.0574. The maximum absolute atomic E-state index is 12.5. The molecule has 1 atom stereocenters. The van der Waals surface area contributed by atoms with Gasteiger partial charge in [-0.15, -0.1) is 0 Å². The van der Waals surface area contributed by atoms with Crippen molar-refractivity contribution >= 4 is 5.97 Å². The molecule has 0 fully saturated rings. The Morgan fingerprint density at radius 1 is 0.375 bits per heavy atom. The zero-order valence-electron chi connectivity index (χ0n) is 28.2. The summed E-state index contributed by atoms with van der Waals surface area (Å²) >= 11 is 0. The third kappa shape index (κ3) is 30.4. The predicted molar refractivity (Wildman–Crippen MR) is 179 cm³/mol. The number of hydrogen-bond acceptors (Lipinski definition) is 2. The van der Waals surface area contributed by atoms with Gasteiger partial charge in [0.05, 0.1) is 12.5 Å². The molecule has 0 bridgehead atoms. The number of carbonyl (C=O) groups is 1. The third-order valence-electron chi connectivity index (χ3n) is 8.93. The van der Waals surface area contributed by atoms with Gasteiger partial charge in [-0.25, -0.2) is 0 Å². The zero-order chi connectivity index (χ0) is 29.2. The van der Waals surface area contributed by atoms with E-state index >= 15 is 0 Å². The van der Waals surface area contributed by atoms with Crippen LogP contribution in [0.2, 0.25) is 0 Å². The van der Waals surface area contributed by atoms with Crippen LogP contribution in [0.1, 0.15) is 226 Å². The molecule has 2 nitrogen and oxygen atoms in total. The first-order valence-corrected chi connectivity index (χ1v) is 18.9. The van der Waals surface area contributed by atoms with Gasteiger partial charge in [0.15, 0.2) is 0 Å². The van der Waals surface area contributed by atoms with Crippen molar-refractivity contribution < 1.29 is 9.53 Å². The zero-order valence-corrected chi connectivity index (χ0v) is 28.2. The Balaban J connectivity index is 3.59. The van der Waals surface area contributed by atoms with E-state index in [1.54, 1.807) is 0 Å². The van der Waals surface area contributed by atoms with Gasteiger partial charge in [0, 0.05) is 0 Å². The number of esters is 1. The van der Waals surface area contributed by atoms with Crippen LogP contribution in [0.15, 0.2) is 0 Å². The number of rotatable bonds is 34. The van der Waals surface area contributed by atoms with E-state index in [0.29, 0.717) is 6.61 Å². The van der Waals surface area contributed by atoms with Crippen LogP contribution >= 0.6 is 0 Å². The molecule has 0 aromatic heterocycles. The second kappa shape index (κ2) is 34.7. The maximum Gasteiger partial charge on any atom is 0.308 e. The summed E-state index contributed by atoms with van der Waals surface area (Å²) in [6.45, 7) is 7.05. The molecular formula is C38H76O2. The Labute approximate surface area is 254 Å². The van der Waals surface area contributed by atoms with Crippen LogP contribution in [0.5, 0.6) is 0 Å². The van der Waals surface area contributed by atoms with Crippen LogP contribution in [-0.4, -0.2) is 12.6 Å². The Bertz CT molecular complexity index is 474. The molecule has 0 N–H and O–H groups in total. The second-order valence-corrected chi connectivity index (χ2v) is 12.9. The Morgan fingerprint density at radius 2 is 0.600 bits per heavy atom. The van der Waals surface area contributed by atoms with E-state index in [2.05, 4.69) is 13.8 Å². The molecule has 0 aromatic carbocycles. The molecule has 0 saturated heterocycles. The van der Waals surface area contributed by atoms with E-state index in [4.69, 9.17) is 4.74 Å². The monoisotopic (exact) mass is 565 g/mol. The summed E-state index contributed by atoms with van der Waals surface area (Å²) in [5, 5.41) is 0. The molecular weight excluding hydrogens is 488 g/mol. The molecule has 0 aliphatic rings. The van der Waals surface area contributed by atoms with Crippen LogP contribution in [0, 0.1) is 5.92 Å². The van der Waals surface area contributed by atoms with Crippen molar-refractivity contribution in [2.24, 2.45) is 5.92 Å². The molecule has 0 aromatic rings. The molecule has 240 valence electrons. The highest BCUT2D eigenvalue weighted by molar-refractivity contribution is 5.72. The fraction of sp³-hybridized carbons (Fsp3) is 0.974. The standard InChI is InChI=1S/C38H76O2/c1-4-7-9-11-13-15-17-19-21-22-24-26-28-30-32-34-36-37(38(39)40-6-3)35-33-31-29-27-25-23-20-18-16-14-12-10-8-5-2/h37H,4-36H2,1-3H3. The second-order valence-electron chi connectivity index (χ2n) is 12.9. The summed E-state index contributed by atoms with van der Waals surface area (Å²) in [6.07, 6.45) is 43.8. The number of ether oxygens (including phenoxy) is 1. The lowest BCUT2D eigenvalue weighted by atomic mass is 9.94. The number of hydrogen-bond donors (Lipinski definition) is 0. The van der Waals surface area contributed by atoms with E-state index in [-0.39, 0.29) is 11.9 Å². The van der Waals surface area contributed by atoms with E-state index in [1.165, 1.54) is 193 Å². The molecule has 40 heavy (non-hydrogen) atoms. The summed E-state index contributed by atoms with van der Waals surface area (Å²) in [4.78, 5) is 12.5. The van der Waals surface area contributed by atoms with Gasteiger partial charge in [0.25, 0.3) is 0 Å². The highest BCUT2D eigenvalue weighted by atomic mass is 16.5. The Kier molecular flexibility index (Phi) is 34.2. The third-order valence-corrected chi connectivity index (χ3v) is 8.93. The minimum Gasteiger partial charge on any atom is -0.466 e. The van der Waals surface area contributed by atoms with Crippen LogP contribution in [0.4, 0.5) is 0 Å². The lowest BCUT2D eigenvalue weighted by Crippen LogP contribution is -2.18.